The van der Waals surface area contributed by atoms with Crippen molar-refractivity contribution in [2.24, 2.45) is 0 Å². The van der Waals surface area contributed by atoms with E-state index in [1.165, 1.54) is 60.1 Å². The fourth-order valence-corrected chi connectivity index (χ4v) is 5.71. The van der Waals surface area contributed by atoms with Crippen LogP contribution in [0.25, 0.3) is 32.3 Å². The number of para-hydroxylation sites is 1. The molecule has 0 fully saturated rings. The minimum absolute atomic E-state index is 0.216. The Morgan fingerprint density at radius 3 is 2.13 bits per heavy atom. The van der Waals surface area contributed by atoms with Gasteiger partial charge in [-0.3, -0.25) is 0 Å². The first-order valence-electron chi connectivity index (χ1n) is 10.9. The minimum atomic E-state index is 0.216. The highest BCUT2D eigenvalue weighted by Crippen LogP contribution is 2.38. The van der Waals surface area contributed by atoms with E-state index < -0.39 is 0 Å². The quantitative estimate of drug-likeness (QED) is 0.275. The molecule has 6 aromatic carbocycles. The van der Waals surface area contributed by atoms with Gasteiger partial charge in [-0.05, 0) is 55.4 Å². The molecule has 0 aromatic heterocycles. The molecule has 0 aliphatic carbocycles. The van der Waals surface area contributed by atoms with E-state index in [1.54, 1.807) is 0 Å². The number of hydrogen-bond acceptors (Lipinski definition) is 1. The van der Waals surface area contributed by atoms with Crippen LogP contribution in [0.2, 0.25) is 0 Å². The first kappa shape index (κ1) is 17.0. The predicted octanol–water partition coefficient (Wildman–Crippen LogP) is 5.18. The molecule has 0 unspecified atom stereocenters. The van der Waals surface area contributed by atoms with E-state index in [1.807, 2.05) is 0 Å². The molecule has 0 atom stereocenters. The minimum Gasteiger partial charge on any atom is -0.345 e. The highest BCUT2D eigenvalue weighted by atomic mass is 15.1. The Morgan fingerprint density at radius 1 is 0.581 bits per heavy atom. The SMILES string of the molecule is CN1c2ccccc2B(c2ccccc2)c2c1cc1ccc3cccc4ccc2c1c34. The molecule has 6 aromatic rings. The molecule has 0 amide bonds. The monoisotopic (exact) mass is 393 g/mol. The molecule has 0 spiro atoms. The van der Waals surface area contributed by atoms with E-state index >= 15 is 0 Å². The summed E-state index contributed by atoms with van der Waals surface area (Å²) in [6, 6.07) is 38.1. The summed E-state index contributed by atoms with van der Waals surface area (Å²) in [5.41, 5.74) is 6.73. The summed E-state index contributed by atoms with van der Waals surface area (Å²) in [6.07, 6.45) is 0. The van der Waals surface area contributed by atoms with Gasteiger partial charge in [-0.2, -0.15) is 0 Å². The standard InChI is InChI=1S/C29H20BN/c1-31-25-13-6-5-12-24(25)30(22-10-3-2-4-11-22)29-23-17-16-20-9-7-8-19-14-15-21(18-26(29)31)28(23)27(19)20/h2-18H,1H3. The third-order valence-electron chi connectivity index (χ3n) is 7.06. The third kappa shape index (κ3) is 2.22. The normalized spacial score (nSPS) is 13.2. The van der Waals surface area contributed by atoms with Crippen LogP contribution in [0.3, 0.4) is 0 Å². The van der Waals surface area contributed by atoms with Crippen molar-refractivity contribution in [3.05, 3.63) is 103 Å². The average Bonchev–Trinajstić information content (AvgIpc) is 2.83. The Bertz CT molecular complexity index is 1590. The van der Waals surface area contributed by atoms with Gasteiger partial charge in [-0.15, -0.1) is 0 Å². The summed E-state index contributed by atoms with van der Waals surface area (Å²) in [4.78, 5) is 2.37. The summed E-state index contributed by atoms with van der Waals surface area (Å²) in [5.74, 6) is 0. The number of rotatable bonds is 1. The van der Waals surface area contributed by atoms with Gasteiger partial charge in [0.15, 0.2) is 0 Å². The second-order valence-corrected chi connectivity index (χ2v) is 8.63. The summed E-state index contributed by atoms with van der Waals surface area (Å²) < 4.78 is 0. The fraction of sp³-hybridized carbons (Fsp3) is 0.0345. The summed E-state index contributed by atoms with van der Waals surface area (Å²) >= 11 is 0. The maximum absolute atomic E-state index is 2.40. The Kier molecular flexibility index (Phi) is 3.35. The zero-order valence-electron chi connectivity index (χ0n) is 17.3. The number of nitrogens with zero attached hydrogens (tertiary/aromatic N) is 1. The summed E-state index contributed by atoms with van der Waals surface area (Å²) in [7, 11) is 2.20. The Labute approximate surface area is 182 Å². The van der Waals surface area contributed by atoms with Crippen molar-refractivity contribution in [2.45, 2.75) is 0 Å². The molecule has 144 valence electrons. The van der Waals surface area contributed by atoms with Gasteiger partial charge in [0.2, 0.25) is 6.71 Å². The molecule has 7 rings (SSSR count). The van der Waals surface area contributed by atoms with E-state index in [2.05, 4.69) is 115 Å². The number of fused-ring (bicyclic) bond motifs is 3. The van der Waals surface area contributed by atoms with Crippen molar-refractivity contribution in [3.63, 3.8) is 0 Å². The maximum atomic E-state index is 2.40. The Morgan fingerprint density at radius 2 is 1.29 bits per heavy atom. The lowest BCUT2D eigenvalue weighted by molar-refractivity contribution is 1.22. The lowest BCUT2D eigenvalue weighted by atomic mass is 9.34. The zero-order valence-corrected chi connectivity index (χ0v) is 17.3. The van der Waals surface area contributed by atoms with Crippen LogP contribution >= 0.6 is 0 Å². The van der Waals surface area contributed by atoms with E-state index in [-0.39, 0.29) is 6.71 Å². The number of anilines is 2. The molecule has 2 heteroatoms. The molecule has 0 radical (unpaired) electrons. The van der Waals surface area contributed by atoms with Crippen molar-refractivity contribution in [3.8, 4) is 0 Å². The van der Waals surface area contributed by atoms with Crippen LogP contribution in [-0.2, 0) is 0 Å². The molecule has 31 heavy (non-hydrogen) atoms. The Balaban J connectivity index is 1.68. The second-order valence-electron chi connectivity index (χ2n) is 8.63. The van der Waals surface area contributed by atoms with Crippen LogP contribution in [-0.4, -0.2) is 13.8 Å². The van der Waals surface area contributed by atoms with Crippen LogP contribution in [0.1, 0.15) is 0 Å². The predicted molar refractivity (Wildman–Crippen MR) is 136 cm³/mol. The number of hydrogen-bond donors (Lipinski definition) is 0. The molecule has 0 N–H and O–H groups in total. The first-order chi connectivity index (χ1) is 15.3. The molecule has 0 bridgehead atoms. The van der Waals surface area contributed by atoms with Gasteiger partial charge in [0.1, 0.15) is 0 Å². The van der Waals surface area contributed by atoms with Crippen LogP contribution in [0.15, 0.2) is 103 Å². The third-order valence-corrected chi connectivity index (χ3v) is 7.06. The van der Waals surface area contributed by atoms with Crippen molar-refractivity contribution < 1.29 is 0 Å². The van der Waals surface area contributed by atoms with Crippen LogP contribution in [0, 0.1) is 0 Å². The van der Waals surface area contributed by atoms with Crippen molar-refractivity contribution in [1.29, 1.82) is 0 Å². The lowest BCUT2D eigenvalue weighted by Crippen LogP contribution is -2.57. The molecular weight excluding hydrogens is 373 g/mol. The highest BCUT2D eigenvalue weighted by molar-refractivity contribution is 6.99. The van der Waals surface area contributed by atoms with Crippen molar-refractivity contribution in [2.75, 3.05) is 11.9 Å². The van der Waals surface area contributed by atoms with Crippen LogP contribution < -0.4 is 21.3 Å². The van der Waals surface area contributed by atoms with Gasteiger partial charge in [-0.1, -0.05) is 96.5 Å². The highest BCUT2D eigenvalue weighted by Gasteiger charge is 2.35. The average molecular weight is 393 g/mol. The first-order valence-corrected chi connectivity index (χ1v) is 10.9. The number of benzene rings is 6. The Hall–Kier alpha value is -3.78. The summed E-state index contributed by atoms with van der Waals surface area (Å²) in [6.45, 7) is 0.216. The van der Waals surface area contributed by atoms with Crippen molar-refractivity contribution >= 4 is 66.8 Å². The topological polar surface area (TPSA) is 3.24 Å². The molecule has 0 saturated heterocycles. The lowest BCUT2D eigenvalue weighted by Gasteiger charge is -2.36. The van der Waals surface area contributed by atoms with Gasteiger partial charge in [0, 0.05) is 18.4 Å². The molecule has 1 aliphatic heterocycles. The second kappa shape index (κ2) is 6.12. The smallest absolute Gasteiger partial charge is 0.247 e. The molecule has 1 heterocycles. The van der Waals surface area contributed by atoms with Crippen LogP contribution in [0.5, 0.6) is 0 Å². The van der Waals surface area contributed by atoms with Crippen molar-refractivity contribution in [1.82, 2.24) is 0 Å². The van der Waals surface area contributed by atoms with Gasteiger partial charge in [0.25, 0.3) is 0 Å². The van der Waals surface area contributed by atoms with Gasteiger partial charge < -0.3 is 4.90 Å². The van der Waals surface area contributed by atoms with E-state index in [0.29, 0.717) is 0 Å². The van der Waals surface area contributed by atoms with Gasteiger partial charge in [-0.25, -0.2) is 0 Å². The van der Waals surface area contributed by atoms with E-state index in [4.69, 9.17) is 0 Å². The zero-order chi connectivity index (χ0) is 20.5. The maximum Gasteiger partial charge on any atom is 0.247 e. The van der Waals surface area contributed by atoms with E-state index in [9.17, 15) is 0 Å². The van der Waals surface area contributed by atoms with Crippen LogP contribution in [0.4, 0.5) is 11.4 Å². The largest absolute Gasteiger partial charge is 0.345 e. The molecule has 0 saturated carbocycles. The molecule has 1 nitrogen and oxygen atoms in total. The summed E-state index contributed by atoms with van der Waals surface area (Å²) in [5, 5.41) is 8.09. The molecular formula is C29H20BN. The van der Waals surface area contributed by atoms with E-state index in [0.717, 1.165) is 0 Å². The van der Waals surface area contributed by atoms with Gasteiger partial charge in [0.05, 0.1) is 0 Å². The fourth-order valence-electron chi connectivity index (χ4n) is 5.71. The van der Waals surface area contributed by atoms with Gasteiger partial charge >= 0.3 is 0 Å². The molecule has 1 aliphatic rings.